The summed E-state index contributed by atoms with van der Waals surface area (Å²) in [6.07, 6.45) is -0.386. The summed E-state index contributed by atoms with van der Waals surface area (Å²) in [7, 11) is 1.27. The van der Waals surface area contributed by atoms with E-state index in [9.17, 15) is 9.59 Å². The number of esters is 1. The van der Waals surface area contributed by atoms with Gasteiger partial charge in [-0.1, -0.05) is 18.2 Å². The van der Waals surface area contributed by atoms with Crippen LogP contribution in [0.15, 0.2) is 30.3 Å². The summed E-state index contributed by atoms with van der Waals surface area (Å²) in [4.78, 5) is 23.4. The van der Waals surface area contributed by atoms with Gasteiger partial charge in [-0.25, -0.2) is 9.59 Å². The maximum absolute atomic E-state index is 11.7. The van der Waals surface area contributed by atoms with Crippen molar-refractivity contribution in [2.75, 3.05) is 13.7 Å². The van der Waals surface area contributed by atoms with E-state index in [-0.39, 0.29) is 13.0 Å². The molecule has 0 saturated heterocycles. The third-order valence-electron chi connectivity index (χ3n) is 2.60. The molecular formula is C16H23NO5. The van der Waals surface area contributed by atoms with Gasteiger partial charge in [0, 0.05) is 6.42 Å². The topological polar surface area (TPSA) is 73.9 Å². The number of para-hydroxylation sites is 1. The largest absolute Gasteiger partial charge is 0.494 e. The number of carbonyl (C=O) groups is 2. The van der Waals surface area contributed by atoms with Gasteiger partial charge in [-0.15, -0.1) is 0 Å². The van der Waals surface area contributed by atoms with E-state index in [0.29, 0.717) is 5.75 Å². The van der Waals surface area contributed by atoms with Gasteiger partial charge in [0.2, 0.25) is 0 Å². The molecule has 122 valence electrons. The van der Waals surface area contributed by atoms with Crippen molar-refractivity contribution in [3.05, 3.63) is 30.3 Å². The highest BCUT2D eigenvalue weighted by atomic mass is 16.6. The molecule has 0 saturated carbocycles. The fourth-order valence-electron chi connectivity index (χ4n) is 1.65. The van der Waals surface area contributed by atoms with Crippen LogP contribution in [-0.4, -0.2) is 37.4 Å². The molecule has 0 aliphatic rings. The van der Waals surface area contributed by atoms with Crippen molar-refractivity contribution < 1.29 is 23.8 Å². The Labute approximate surface area is 130 Å². The molecule has 1 unspecified atom stereocenters. The molecule has 0 bridgehead atoms. The molecule has 1 amide bonds. The van der Waals surface area contributed by atoms with E-state index in [4.69, 9.17) is 9.47 Å². The molecular weight excluding hydrogens is 286 g/mol. The molecule has 1 aromatic rings. The fourth-order valence-corrected chi connectivity index (χ4v) is 1.65. The standard InChI is InChI=1S/C16H23NO5/c1-16(2,3)22-15(19)17-13(14(18)20-4)10-11-21-12-8-6-5-7-9-12/h5-9,13H,10-11H2,1-4H3,(H,17,19). The van der Waals surface area contributed by atoms with Crippen LogP contribution in [0.3, 0.4) is 0 Å². The lowest BCUT2D eigenvalue weighted by molar-refractivity contribution is -0.143. The lowest BCUT2D eigenvalue weighted by atomic mass is 10.2. The van der Waals surface area contributed by atoms with Gasteiger partial charge < -0.3 is 19.5 Å². The fraction of sp³-hybridized carbons (Fsp3) is 0.500. The third kappa shape index (κ3) is 6.97. The molecule has 0 aliphatic carbocycles. The van der Waals surface area contributed by atoms with Crippen LogP contribution in [0, 0.1) is 0 Å². The first-order chi connectivity index (χ1) is 10.3. The van der Waals surface area contributed by atoms with Crippen molar-refractivity contribution in [2.45, 2.75) is 38.8 Å². The van der Waals surface area contributed by atoms with E-state index >= 15 is 0 Å². The smallest absolute Gasteiger partial charge is 0.408 e. The molecule has 1 rings (SSSR count). The van der Waals surface area contributed by atoms with E-state index in [2.05, 4.69) is 10.1 Å². The summed E-state index contributed by atoms with van der Waals surface area (Å²) in [6.45, 7) is 5.51. The van der Waals surface area contributed by atoms with Crippen molar-refractivity contribution in [1.29, 1.82) is 0 Å². The van der Waals surface area contributed by atoms with E-state index in [1.807, 2.05) is 30.3 Å². The molecule has 6 nitrogen and oxygen atoms in total. The summed E-state index contributed by atoms with van der Waals surface area (Å²) >= 11 is 0. The molecule has 22 heavy (non-hydrogen) atoms. The van der Waals surface area contributed by atoms with Crippen molar-refractivity contribution >= 4 is 12.1 Å². The number of hydrogen-bond donors (Lipinski definition) is 1. The lowest BCUT2D eigenvalue weighted by Crippen LogP contribution is -2.44. The van der Waals surface area contributed by atoms with Crippen LogP contribution < -0.4 is 10.1 Å². The second kappa shape index (κ2) is 8.26. The molecule has 0 fully saturated rings. The summed E-state index contributed by atoms with van der Waals surface area (Å²) < 4.78 is 15.3. The Hall–Kier alpha value is -2.24. The van der Waals surface area contributed by atoms with Gasteiger partial charge in [0.25, 0.3) is 0 Å². The van der Waals surface area contributed by atoms with Crippen molar-refractivity contribution in [1.82, 2.24) is 5.32 Å². The van der Waals surface area contributed by atoms with Gasteiger partial charge in [0.1, 0.15) is 17.4 Å². The van der Waals surface area contributed by atoms with Crippen LogP contribution in [0.5, 0.6) is 5.75 Å². The van der Waals surface area contributed by atoms with E-state index < -0.39 is 23.7 Å². The number of amides is 1. The average molecular weight is 309 g/mol. The van der Waals surface area contributed by atoms with E-state index in [0.717, 1.165) is 0 Å². The predicted molar refractivity (Wildman–Crippen MR) is 81.7 cm³/mol. The van der Waals surface area contributed by atoms with Crippen molar-refractivity contribution in [3.63, 3.8) is 0 Å². The summed E-state index contributed by atoms with van der Waals surface area (Å²) in [5.41, 5.74) is -0.634. The van der Waals surface area contributed by atoms with Gasteiger partial charge >= 0.3 is 12.1 Å². The van der Waals surface area contributed by atoms with Crippen LogP contribution in [-0.2, 0) is 14.3 Å². The molecule has 0 aliphatic heterocycles. The quantitative estimate of drug-likeness (QED) is 0.817. The molecule has 1 N–H and O–H groups in total. The SMILES string of the molecule is COC(=O)C(CCOc1ccccc1)NC(=O)OC(C)(C)C. The number of rotatable bonds is 6. The first-order valence-electron chi connectivity index (χ1n) is 7.07. The second-order valence-electron chi connectivity index (χ2n) is 5.67. The number of benzene rings is 1. The highest BCUT2D eigenvalue weighted by Crippen LogP contribution is 2.10. The number of hydrogen-bond acceptors (Lipinski definition) is 5. The van der Waals surface area contributed by atoms with Crippen LogP contribution in [0.4, 0.5) is 4.79 Å². The number of alkyl carbamates (subject to hydrolysis) is 1. The minimum Gasteiger partial charge on any atom is -0.494 e. The zero-order chi connectivity index (χ0) is 16.6. The molecule has 0 radical (unpaired) electrons. The number of ether oxygens (including phenoxy) is 3. The van der Waals surface area contributed by atoms with Gasteiger partial charge in [0.05, 0.1) is 13.7 Å². The van der Waals surface area contributed by atoms with Crippen LogP contribution >= 0.6 is 0 Å². The first-order valence-corrected chi connectivity index (χ1v) is 7.07. The van der Waals surface area contributed by atoms with Gasteiger partial charge in [-0.3, -0.25) is 0 Å². The molecule has 6 heteroatoms. The van der Waals surface area contributed by atoms with Crippen molar-refractivity contribution in [2.24, 2.45) is 0 Å². The van der Waals surface area contributed by atoms with Gasteiger partial charge in [-0.05, 0) is 32.9 Å². The van der Waals surface area contributed by atoms with Gasteiger partial charge in [-0.2, -0.15) is 0 Å². The molecule has 0 heterocycles. The average Bonchev–Trinajstić information content (AvgIpc) is 2.44. The number of carbonyl (C=O) groups excluding carboxylic acids is 2. The lowest BCUT2D eigenvalue weighted by Gasteiger charge is -2.22. The Morgan fingerprint density at radius 3 is 2.36 bits per heavy atom. The minimum absolute atomic E-state index is 0.263. The zero-order valence-electron chi connectivity index (χ0n) is 13.4. The Morgan fingerprint density at radius 2 is 1.82 bits per heavy atom. The molecule has 0 spiro atoms. The molecule has 1 aromatic carbocycles. The minimum atomic E-state index is -0.816. The van der Waals surface area contributed by atoms with Crippen LogP contribution in [0.25, 0.3) is 0 Å². The zero-order valence-corrected chi connectivity index (χ0v) is 13.4. The van der Waals surface area contributed by atoms with Crippen LogP contribution in [0.2, 0.25) is 0 Å². The molecule has 1 atom stereocenters. The predicted octanol–water partition coefficient (Wildman–Crippen LogP) is 2.52. The Bertz CT molecular complexity index is 481. The first kappa shape index (κ1) is 17.8. The monoisotopic (exact) mass is 309 g/mol. The van der Waals surface area contributed by atoms with E-state index in [1.165, 1.54) is 7.11 Å². The Kier molecular flexibility index (Phi) is 6.69. The Balaban J connectivity index is 2.50. The van der Waals surface area contributed by atoms with E-state index in [1.54, 1.807) is 20.8 Å². The summed E-state index contributed by atoms with van der Waals surface area (Å²) in [5.74, 6) is 0.158. The maximum atomic E-state index is 11.7. The maximum Gasteiger partial charge on any atom is 0.408 e. The number of nitrogens with one attached hydrogen (secondary N) is 1. The highest BCUT2D eigenvalue weighted by Gasteiger charge is 2.24. The summed E-state index contributed by atoms with van der Waals surface area (Å²) in [5, 5.41) is 2.49. The number of methoxy groups -OCH3 is 1. The highest BCUT2D eigenvalue weighted by molar-refractivity contribution is 5.81. The third-order valence-corrected chi connectivity index (χ3v) is 2.60. The van der Waals surface area contributed by atoms with Crippen LogP contribution in [0.1, 0.15) is 27.2 Å². The summed E-state index contributed by atoms with van der Waals surface area (Å²) in [6, 6.07) is 8.40. The normalized spacial score (nSPS) is 12.2. The second-order valence-corrected chi connectivity index (χ2v) is 5.67. The Morgan fingerprint density at radius 1 is 1.18 bits per heavy atom. The van der Waals surface area contributed by atoms with Crippen molar-refractivity contribution in [3.8, 4) is 5.75 Å². The van der Waals surface area contributed by atoms with Gasteiger partial charge in [0.15, 0.2) is 0 Å². The molecule has 0 aromatic heterocycles.